The van der Waals surface area contributed by atoms with Gasteiger partial charge >= 0.3 is 6.09 Å². The lowest BCUT2D eigenvalue weighted by atomic mass is 10.4. The molecule has 0 aromatic heterocycles. The Labute approximate surface area is 47.1 Å². The summed E-state index contributed by atoms with van der Waals surface area (Å²) in [6.45, 7) is 3.26. The summed E-state index contributed by atoms with van der Waals surface area (Å²) in [6.07, 6.45) is -2.12. The Hall–Kier alpha value is -0.770. The Morgan fingerprint density at radius 2 is 2.38 bits per heavy atom. The molecular formula is C4H8NO3. The number of aliphatic hydroxyl groups is 1. The van der Waals surface area contributed by atoms with Gasteiger partial charge < -0.3 is 10.2 Å². The highest BCUT2D eigenvalue weighted by Crippen LogP contribution is 1.80. The third-order valence-corrected chi connectivity index (χ3v) is 0.564. The van der Waals surface area contributed by atoms with Crippen molar-refractivity contribution in [2.24, 2.45) is 0 Å². The summed E-state index contributed by atoms with van der Waals surface area (Å²) in [5.74, 6) is 0. The van der Waals surface area contributed by atoms with Crippen molar-refractivity contribution in [2.45, 2.75) is 12.6 Å². The van der Waals surface area contributed by atoms with E-state index in [1.165, 1.54) is 0 Å². The van der Waals surface area contributed by atoms with Gasteiger partial charge in [-0.25, -0.2) is 4.79 Å². The number of hydrogen-bond donors (Lipinski definition) is 3. The molecular weight excluding hydrogens is 110 g/mol. The highest BCUT2D eigenvalue weighted by atomic mass is 16.4. The molecule has 1 unspecified atom stereocenters. The third kappa shape index (κ3) is 3.42. The summed E-state index contributed by atoms with van der Waals surface area (Å²) in [5.41, 5.74) is 0. The first-order chi connectivity index (χ1) is 3.66. The summed E-state index contributed by atoms with van der Waals surface area (Å²) in [7, 11) is 0. The minimum atomic E-state index is -1.24. The normalized spacial score (nSPS) is 12.8. The zero-order valence-corrected chi connectivity index (χ0v) is 4.29. The molecule has 0 saturated heterocycles. The summed E-state index contributed by atoms with van der Waals surface area (Å²) < 4.78 is 0. The van der Waals surface area contributed by atoms with E-state index >= 15 is 0 Å². The molecule has 0 heterocycles. The lowest BCUT2D eigenvalue weighted by molar-refractivity contribution is 0.123. The van der Waals surface area contributed by atoms with Crippen LogP contribution < -0.4 is 5.32 Å². The van der Waals surface area contributed by atoms with E-state index in [1.807, 2.05) is 0 Å². The van der Waals surface area contributed by atoms with Crippen molar-refractivity contribution in [1.82, 2.24) is 5.32 Å². The maximum Gasteiger partial charge on any atom is 0.406 e. The average molecular weight is 118 g/mol. The molecule has 1 radical (unpaired) electrons. The molecule has 0 fully saturated rings. The van der Waals surface area contributed by atoms with E-state index < -0.39 is 12.3 Å². The standard InChI is InChI=1S/C4H8NO3/c1-2-3(6)5-4(7)8/h3,5-6H,1-2H2,(H,7,8). The zero-order valence-electron chi connectivity index (χ0n) is 4.29. The maximum atomic E-state index is 9.67. The van der Waals surface area contributed by atoms with Crippen molar-refractivity contribution in [3.63, 3.8) is 0 Å². The van der Waals surface area contributed by atoms with E-state index in [4.69, 9.17) is 10.2 Å². The number of aliphatic hydroxyl groups excluding tert-OH is 1. The molecule has 3 N–H and O–H groups in total. The molecule has 0 spiro atoms. The number of amides is 1. The topological polar surface area (TPSA) is 69.6 Å². The lowest BCUT2D eigenvalue weighted by Crippen LogP contribution is -2.32. The van der Waals surface area contributed by atoms with Gasteiger partial charge in [-0.3, -0.25) is 5.32 Å². The zero-order chi connectivity index (χ0) is 6.57. The van der Waals surface area contributed by atoms with Gasteiger partial charge in [0.05, 0.1) is 0 Å². The Bertz CT molecular complexity index is 83.4. The minimum Gasteiger partial charge on any atom is -0.465 e. The summed E-state index contributed by atoms with van der Waals surface area (Å²) in [4.78, 5) is 9.67. The summed E-state index contributed by atoms with van der Waals surface area (Å²) >= 11 is 0. The van der Waals surface area contributed by atoms with Crippen molar-refractivity contribution in [3.05, 3.63) is 6.92 Å². The molecule has 0 aliphatic carbocycles. The second kappa shape index (κ2) is 3.26. The first-order valence-electron chi connectivity index (χ1n) is 2.13. The fourth-order valence-electron chi connectivity index (χ4n) is 0.215. The fraction of sp³-hybridized carbons (Fsp3) is 0.500. The van der Waals surface area contributed by atoms with Crippen LogP contribution in [-0.4, -0.2) is 22.5 Å². The molecule has 47 valence electrons. The number of nitrogens with one attached hydrogen (secondary N) is 1. The molecule has 0 saturated carbocycles. The van der Waals surface area contributed by atoms with Gasteiger partial charge in [0.2, 0.25) is 0 Å². The van der Waals surface area contributed by atoms with Gasteiger partial charge in [-0.15, -0.1) is 0 Å². The van der Waals surface area contributed by atoms with Crippen molar-refractivity contribution in [2.75, 3.05) is 0 Å². The lowest BCUT2D eigenvalue weighted by Gasteiger charge is -2.04. The molecule has 4 nitrogen and oxygen atoms in total. The van der Waals surface area contributed by atoms with Gasteiger partial charge in [0.1, 0.15) is 6.23 Å². The van der Waals surface area contributed by atoms with E-state index in [0.29, 0.717) is 0 Å². The van der Waals surface area contributed by atoms with E-state index in [-0.39, 0.29) is 6.42 Å². The van der Waals surface area contributed by atoms with Gasteiger partial charge in [-0.05, 0) is 13.3 Å². The predicted molar refractivity (Wildman–Crippen MR) is 27.1 cm³/mol. The number of hydrogen-bond acceptors (Lipinski definition) is 2. The van der Waals surface area contributed by atoms with E-state index in [9.17, 15) is 4.79 Å². The molecule has 0 rings (SSSR count). The van der Waals surface area contributed by atoms with Crippen LogP contribution in [0.1, 0.15) is 6.42 Å². The quantitative estimate of drug-likeness (QED) is 0.439. The van der Waals surface area contributed by atoms with Crippen molar-refractivity contribution in [3.8, 4) is 0 Å². The van der Waals surface area contributed by atoms with Gasteiger partial charge in [0.15, 0.2) is 0 Å². The first kappa shape index (κ1) is 7.23. The maximum absolute atomic E-state index is 9.67. The summed E-state index contributed by atoms with van der Waals surface area (Å²) in [5, 5.41) is 18.2. The number of carbonyl (C=O) groups is 1. The average Bonchev–Trinajstić information content (AvgIpc) is 1.65. The van der Waals surface area contributed by atoms with Gasteiger partial charge in [0, 0.05) is 0 Å². The van der Waals surface area contributed by atoms with E-state index in [1.54, 1.807) is 5.32 Å². The van der Waals surface area contributed by atoms with Crippen molar-refractivity contribution >= 4 is 6.09 Å². The largest absolute Gasteiger partial charge is 0.465 e. The van der Waals surface area contributed by atoms with Crippen molar-refractivity contribution < 1.29 is 15.0 Å². The molecule has 0 bridgehead atoms. The SMILES string of the molecule is [CH2]CC(O)NC(=O)O. The smallest absolute Gasteiger partial charge is 0.406 e. The Morgan fingerprint density at radius 3 is 2.50 bits per heavy atom. The molecule has 1 amide bonds. The molecule has 1 atom stereocenters. The van der Waals surface area contributed by atoms with Gasteiger partial charge in [0.25, 0.3) is 0 Å². The van der Waals surface area contributed by atoms with Crippen LogP contribution in [0, 0.1) is 6.92 Å². The monoisotopic (exact) mass is 118 g/mol. The van der Waals surface area contributed by atoms with Crippen LogP contribution >= 0.6 is 0 Å². The van der Waals surface area contributed by atoms with Crippen LogP contribution in [-0.2, 0) is 0 Å². The number of rotatable bonds is 2. The second-order valence-electron chi connectivity index (χ2n) is 1.25. The highest BCUT2D eigenvalue weighted by Gasteiger charge is 2.00. The molecule has 8 heavy (non-hydrogen) atoms. The Kier molecular flexibility index (Phi) is 2.95. The van der Waals surface area contributed by atoms with Crippen LogP contribution in [0.2, 0.25) is 0 Å². The predicted octanol–water partition coefficient (Wildman–Crippen LogP) is -0.203. The van der Waals surface area contributed by atoms with Crippen LogP contribution in [0.4, 0.5) is 4.79 Å². The van der Waals surface area contributed by atoms with Crippen LogP contribution in [0.3, 0.4) is 0 Å². The molecule has 0 aliphatic rings. The first-order valence-corrected chi connectivity index (χ1v) is 2.13. The van der Waals surface area contributed by atoms with E-state index in [0.717, 1.165) is 0 Å². The molecule has 4 heteroatoms. The summed E-state index contributed by atoms with van der Waals surface area (Å²) in [6, 6.07) is 0. The van der Waals surface area contributed by atoms with E-state index in [2.05, 4.69) is 6.92 Å². The Morgan fingerprint density at radius 1 is 1.88 bits per heavy atom. The fourth-order valence-corrected chi connectivity index (χ4v) is 0.215. The molecule has 0 aromatic carbocycles. The Balaban J connectivity index is 3.24. The van der Waals surface area contributed by atoms with Crippen LogP contribution in [0.25, 0.3) is 0 Å². The molecule has 0 aliphatic heterocycles. The van der Waals surface area contributed by atoms with Gasteiger partial charge in [-0.1, -0.05) is 0 Å². The number of carboxylic acid groups (broad SMARTS) is 1. The van der Waals surface area contributed by atoms with Crippen LogP contribution in [0.15, 0.2) is 0 Å². The third-order valence-electron chi connectivity index (χ3n) is 0.564. The van der Waals surface area contributed by atoms with Gasteiger partial charge in [-0.2, -0.15) is 0 Å². The molecule has 0 aromatic rings. The minimum absolute atomic E-state index is 0.145. The van der Waals surface area contributed by atoms with Crippen LogP contribution in [0.5, 0.6) is 0 Å². The second-order valence-corrected chi connectivity index (χ2v) is 1.25. The highest BCUT2D eigenvalue weighted by molar-refractivity contribution is 5.64. The van der Waals surface area contributed by atoms with Crippen molar-refractivity contribution in [1.29, 1.82) is 0 Å².